The molecular formula is C21H31NO13. The molecule has 1 aliphatic rings. The maximum atomic E-state index is 12.6. The highest BCUT2D eigenvalue weighted by Crippen LogP contribution is 2.31. The van der Waals surface area contributed by atoms with Crippen LogP contribution in [0.25, 0.3) is 0 Å². The summed E-state index contributed by atoms with van der Waals surface area (Å²) in [6.07, 6.45) is -9.29. The van der Waals surface area contributed by atoms with E-state index in [1.807, 2.05) is 0 Å². The summed E-state index contributed by atoms with van der Waals surface area (Å²) in [4.78, 5) is 72.3. The summed E-state index contributed by atoms with van der Waals surface area (Å²) in [5.41, 5.74) is -0.950. The zero-order valence-corrected chi connectivity index (χ0v) is 20.8. The molecule has 0 aliphatic carbocycles. The molecule has 14 heteroatoms. The van der Waals surface area contributed by atoms with Gasteiger partial charge in [0.25, 0.3) is 0 Å². The van der Waals surface area contributed by atoms with Gasteiger partial charge in [-0.1, -0.05) is 0 Å². The Kier molecular flexibility index (Phi) is 10.4. The smallest absolute Gasteiger partial charge is 0.408 e. The van der Waals surface area contributed by atoms with Gasteiger partial charge in [-0.15, -0.1) is 0 Å². The Morgan fingerprint density at radius 2 is 1.20 bits per heavy atom. The lowest BCUT2D eigenvalue weighted by atomic mass is 9.93. The maximum Gasteiger partial charge on any atom is 0.408 e. The van der Waals surface area contributed by atoms with Gasteiger partial charge in [-0.3, -0.25) is 19.2 Å². The van der Waals surface area contributed by atoms with Gasteiger partial charge in [-0.2, -0.15) is 0 Å². The average Bonchev–Trinajstić information content (AvgIpc) is 2.67. The standard InChI is InChI=1S/C21H31NO13/c1-9(23)30-15-14(13(18(27)29-8)22-20(28)35-21(5,6)7)34-19(33-12(4)26)17(32-11(3)25)16(15)31-10(2)24/h13-17,19H,1-8H3,(H,22,28)/t13-,14+,15-,16-,17-,19-/m0/s1. The second-order valence-electron chi connectivity index (χ2n) is 8.45. The molecule has 1 saturated heterocycles. The van der Waals surface area contributed by atoms with E-state index in [9.17, 15) is 28.8 Å². The fourth-order valence-corrected chi connectivity index (χ4v) is 3.17. The van der Waals surface area contributed by atoms with Gasteiger partial charge in [0.15, 0.2) is 18.2 Å². The first-order valence-corrected chi connectivity index (χ1v) is 10.5. The molecule has 0 aromatic carbocycles. The lowest BCUT2D eigenvalue weighted by molar-refractivity contribution is -0.299. The number of hydrogen-bond donors (Lipinski definition) is 1. The molecule has 6 atom stereocenters. The van der Waals surface area contributed by atoms with Crippen molar-refractivity contribution in [2.75, 3.05) is 7.11 Å². The number of carbonyl (C=O) groups excluding carboxylic acids is 6. The van der Waals surface area contributed by atoms with Crippen molar-refractivity contribution in [1.29, 1.82) is 0 Å². The van der Waals surface area contributed by atoms with Crippen LogP contribution in [-0.2, 0) is 57.1 Å². The Labute approximate surface area is 201 Å². The molecule has 0 radical (unpaired) electrons. The summed E-state index contributed by atoms with van der Waals surface area (Å²) in [5, 5.41) is 2.26. The lowest BCUT2D eigenvalue weighted by Crippen LogP contribution is -2.68. The van der Waals surface area contributed by atoms with Crippen LogP contribution < -0.4 is 5.32 Å². The second kappa shape index (κ2) is 12.3. The molecule has 1 aliphatic heterocycles. The van der Waals surface area contributed by atoms with Gasteiger partial charge in [0.2, 0.25) is 12.4 Å². The number of alkyl carbamates (subject to hydrolysis) is 1. The van der Waals surface area contributed by atoms with E-state index < -0.39 is 78.3 Å². The highest BCUT2D eigenvalue weighted by molar-refractivity contribution is 5.82. The molecule has 1 heterocycles. The molecule has 0 unspecified atom stereocenters. The molecule has 1 rings (SSSR count). The van der Waals surface area contributed by atoms with Crippen LogP contribution in [0, 0.1) is 0 Å². The molecular weight excluding hydrogens is 474 g/mol. The Morgan fingerprint density at radius 1 is 0.743 bits per heavy atom. The number of esters is 5. The lowest BCUT2D eigenvalue weighted by Gasteiger charge is -2.45. The summed E-state index contributed by atoms with van der Waals surface area (Å²) in [5.74, 6) is -4.60. The third kappa shape index (κ3) is 9.39. The van der Waals surface area contributed by atoms with Crippen molar-refractivity contribution in [2.24, 2.45) is 0 Å². The molecule has 0 bridgehead atoms. The van der Waals surface area contributed by atoms with Crippen LogP contribution in [0.15, 0.2) is 0 Å². The topological polar surface area (TPSA) is 179 Å². The highest BCUT2D eigenvalue weighted by Gasteiger charge is 2.57. The predicted octanol–water partition coefficient (Wildman–Crippen LogP) is 0.136. The van der Waals surface area contributed by atoms with Crippen molar-refractivity contribution in [2.45, 2.75) is 90.8 Å². The van der Waals surface area contributed by atoms with Gasteiger partial charge in [0.05, 0.1) is 7.11 Å². The van der Waals surface area contributed by atoms with Gasteiger partial charge in [0.1, 0.15) is 11.7 Å². The van der Waals surface area contributed by atoms with Crippen LogP contribution in [-0.4, -0.2) is 85.4 Å². The van der Waals surface area contributed by atoms with E-state index in [4.69, 9.17) is 33.2 Å². The van der Waals surface area contributed by atoms with Gasteiger partial charge in [0, 0.05) is 27.7 Å². The molecule has 1 N–H and O–H groups in total. The second-order valence-corrected chi connectivity index (χ2v) is 8.45. The van der Waals surface area contributed by atoms with Gasteiger partial charge < -0.3 is 38.5 Å². The van der Waals surface area contributed by atoms with E-state index in [-0.39, 0.29) is 0 Å². The fraction of sp³-hybridized carbons (Fsp3) is 0.714. The minimum absolute atomic E-state index is 0.871. The van der Waals surface area contributed by atoms with Gasteiger partial charge in [-0.25, -0.2) is 9.59 Å². The maximum absolute atomic E-state index is 12.6. The van der Waals surface area contributed by atoms with E-state index in [2.05, 4.69) is 5.32 Å². The van der Waals surface area contributed by atoms with Crippen molar-refractivity contribution in [3.8, 4) is 0 Å². The molecule has 0 aromatic rings. The molecule has 0 spiro atoms. The number of hydrogen-bond acceptors (Lipinski definition) is 13. The third-order valence-electron chi connectivity index (χ3n) is 4.18. The number of methoxy groups -OCH3 is 1. The third-order valence-corrected chi connectivity index (χ3v) is 4.18. The van der Waals surface area contributed by atoms with Crippen LogP contribution in [0.3, 0.4) is 0 Å². The summed E-state index contributed by atoms with van der Waals surface area (Å²) in [6.45, 7) is 8.84. The summed E-state index contributed by atoms with van der Waals surface area (Å²) >= 11 is 0. The number of rotatable bonds is 7. The monoisotopic (exact) mass is 505 g/mol. The zero-order chi connectivity index (χ0) is 27.1. The first-order chi connectivity index (χ1) is 16.0. The Bertz CT molecular complexity index is 834. The minimum Gasteiger partial charge on any atom is -0.467 e. The van der Waals surface area contributed by atoms with Gasteiger partial charge >= 0.3 is 35.9 Å². The molecule has 14 nitrogen and oxygen atoms in total. The van der Waals surface area contributed by atoms with Crippen LogP contribution >= 0.6 is 0 Å². The van der Waals surface area contributed by atoms with E-state index in [1.54, 1.807) is 20.8 Å². The first kappa shape index (κ1) is 29.6. The SMILES string of the molecule is COC(=O)[C@@H](NC(=O)OC(C)(C)C)[C@H]1O[C@H](OC(C)=O)[C@@H](OC(C)=O)[C@@H](OC(C)=O)[C@H]1OC(C)=O. The quantitative estimate of drug-likeness (QED) is 0.365. The Hall–Kier alpha value is -3.42. The summed E-state index contributed by atoms with van der Waals surface area (Å²) in [7, 11) is 1.02. The zero-order valence-electron chi connectivity index (χ0n) is 20.8. The van der Waals surface area contributed by atoms with Crippen molar-refractivity contribution in [3.05, 3.63) is 0 Å². The van der Waals surface area contributed by atoms with Gasteiger partial charge in [-0.05, 0) is 20.8 Å². The normalized spacial score (nSPS) is 24.7. The highest BCUT2D eigenvalue weighted by atomic mass is 16.7. The molecule has 0 aromatic heterocycles. The number of amides is 1. The predicted molar refractivity (Wildman–Crippen MR) is 112 cm³/mol. The molecule has 1 amide bonds. The van der Waals surface area contributed by atoms with E-state index in [1.165, 1.54) is 0 Å². The number of nitrogens with one attached hydrogen (secondary N) is 1. The van der Waals surface area contributed by atoms with Crippen molar-refractivity contribution in [3.63, 3.8) is 0 Å². The Morgan fingerprint density at radius 3 is 1.63 bits per heavy atom. The van der Waals surface area contributed by atoms with Crippen molar-refractivity contribution < 1.29 is 61.9 Å². The average molecular weight is 505 g/mol. The largest absolute Gasteiger partial charge is 0.467 e. The first-order valence-electron chi connectivity index (χ1n) is 10.5. The van der Waals surface area contributed by atoms with Crippen LogP contribution in [0.5, 0.6) is 0 Å². The van der Waals surface area contributed by atoms with E-state index in [0.717, 1.165) is 34.8 Å². The fourth-order valence-electron chi connectivity index (χ4n) is 3.17. The molecule has 35 heavy (non-hydrogen) atoms. The minimum atomic E-state index is -1.73. The van der Waals surface area contributed by atoms with Crippen LogP contribution in [0.4, 0.5) is 4.79 Å². The van der Waals surface area contributed by atoms with Crippen LogP contribution in [0.1, 0.15) is 48.5 Å². The van der Waals surface area contributed by atoms with Crippen molar-refractivity contribution >= 4 is 35.9 Å². The number of ether oxygens (including phenoxy) is 7. The summed E-state index contributed by atoms with van der Waals surface area (Å²) in [6, 6.07) is -1.71. The Balaban J connectivity index is 3.60. The van der Waals surface area contributed by atoms with Crippen LogP contribution in [0.2, 0.25) is 0 Å². The van der Waals surface area contributed by atoms with Crippen molar-refractivity contribution in [1.82, 2.24) is 5.32 Å². The molecule has 198 valence electrons. The number of carbonyl (C=O) groups is 6. The summed E-state index contributed by atoms with van der Waals surface area (Å²) < 4.78 is 36.4. The molecule has 1 fully saturated rings. The van der Waals surface area contributed by atoms with E-state index in [0.29, 0.717) is 0 Å². The molecule has 0 saturated carbocycles. The van der Waals surface area contributed by atoms with E-state index >= 15 is 0 Å².